The van der Waals surface area contributed by atoms with Crippen molar-refractivity contribution in [3.8, 4) is 5.75 Å². The molecule has 1 aromatic heterocycles. The Morgan fingerprint density at radius 2 is 2.04 bits per heavy atom. The molecule has 0 unspecified atom stereocenters. The maximum absolute atomic E-state index is 12.8. The summed E-state index contributed by atoms with van der Waals surface area (Å²) in [5.74, 6) is 0.558. The number of aliphatic hydroxyl groups excluding tert-OH is 1. The van der Waals surface area contributed by atoms with E-state index in [4.69, 9.17) is 9.84 Å². The minimum Gasteiger partial charge on any atom is -0.505 e. The Balaban J connectivity index is 2.66. The van der Waals surface area contributed by atoms with Gasteiger partial charge in [-0.05, 0) is 27.1 Å². The molecule has 0 fully saturated rings. The van der Waals surface area contributed by atoms with Gasteiger partial charge in [-0.3, -0.25) is 4.79 Å². The molecule has 2 N–H and O–H groups in total. The first-order valence-electron chi connectivity index (χ1n) is 8.53. The lowest BCUT2D eigenvalue weighted by Gasteiger charge is -2.21. The molecule has 26 heavy (non-hydrogen) atoms. The van der Waals surface area contributed by atoms with Crippen molar-refractivity contribution in [1.82, 2.24) is 19.4 Å². The highest BCUT2D eigenvalue weighted by Gasteiger charge is 2.24. The van der Waals surface area contributed by atoms with E-state index in [1.54, 1.807) is 20.2 Å². The van der Waals surface area contributed by atoms with Gasteiger partial charge in [-0.15, -0.1) is 0 Å². The average Bonchev–Trinajstić information content (AvgIpc) is 2.90. The first-order chi connectivity index (χ1) is 12.3. The number of likely N-dealkylation sites (N-methyl/N-ethyl adjacent to an activating group) is 1. The van der Waals surface area contributed by atoms with Crippen LogP contribution in [0.3, 0.4) is 0 Å². The first-order valence-corrected chi connectivity index (χ1v) is 8.53. The summed E-state index contributed by atoms with van der Waals surface area (Å²) >= 11 is 0. The second-order valence-electron chi connectivity index (χ2n) is 6.61. The number of amides is 1. The van der Waals surface area contributed by atoms with Crippen LogP contribution in [0.25, 0.3) is 11.0 Å². The zero-order valence-electron chi connectivity index (χ0n) is 16.1. The lowest BCUT2D eigenvalue weighted by molar-refractivity contribution is 0.0765. The van der Waals surface area contributed by atoms with Gasteiger partial charge in [-0.1, -0.05) is 0 Å². The summed E-state index contributed by atoms with van der Waals surface area (Å²) in [4.78, 5) is 20.7. The number of methoxy groups -OCH3 is 1. The number of fused-ring (bicyclic) bond motifs is 1. The number of carbonyl (C=O) groups excluding carboxylic acids is 1. The van der Waals surface area contributed by atoms with Crippen LogP contribution in [0.5, 0.6) is 5.75 Å². The first kappa shape index (κ1) is 20.2. The number of rotatable bonds is 8. The Morgan fingerprint density at radius 1 is 1.35 bits per heavy atom. The second kappa shape index (κ2) is 8.48. The topological polar surface area (TPSA) is 91.1 Å². The van der Waals surface area contributed by atoms with E-state index >= 15 is 0 Å². The molecule has 2 aromatic rings. The quantitative estimate of drug-likeness (QED) is 0.721. The van der Waals surface area contributed by atoms with Crippen molar-refractivity contribution >= 4 is 16.9 Å². The summed E-state index contributed by atoms with van der Waals surface area (Å²) < 4.78 is 7.05. The third-order valence-corrected chi connectivity index (χ3v) is 4.31. The second-order valence-corrected chi connectivity index (χ2v) is 6.61. The number of aryl methyl sites for hydroxylation is 1. The van der Waals surface area contributed by atoms with Gasteiger partial charge >= 0.3 is 0 Å². The van der Waals surface area contributed by atoms with Gasteiger partial charge in [0.2, 0.25) is 0 Å². The van der Waals surface area contributed by atoms with Gasteiger partial charge in [0.15, 0.2) is 0 Å². The molecule has 0 aliphatic rings. The van der Waals surface area contributed by atoms with Crippen LogP contribution in [0, 0.1) is 6.92 Å². The van der Waals surface area contributed by atoms with Crippen molar-refractivity contribution in [3.63, 3.8) is 0 Å². The standard InChI is InChI=1S/C18H28N4O4/c1-12-19-15-10-13(18(25)21(4)6-8-23)14(11-20(2)3)17(24)16(15)22(12)7-9-26-5/h10,23-24H,6-9,11H2,1-5H3. The number of imidazole rings is 1. The highest BCUT2D eigenvalue weighted by molar-refractivity contribution is 6.01. The van der Waals surface area contributed by atoms with Crippen LogP contribution in [-0.2, 0) is 17.8 Å². The highest BCUT2D eigenvalue weighted by atomic mass is 16.5. The van der Waals surface area contributed by atoms with Crippen molar-refractivity contribution in [3.05, 3.63) is 23.0 Å². The van der Waals surface area contributed by atoms with Crippen LogP contribution in [0.4, 0.5) is 0 Å². The molecule has 8 heteroatoms. The van der Waals surface area contributed by atoms with Crippen LogP contribution in [0.1, 0.15) is 21.7 Å². The number of benzene rings is 1. The number of carbonyl (C=O) groups is 1. The molecule has 0 saturated heterocycles. The number of phenols is 1. The van der Waals surface area contributed by atoms with E-state index in [1.165, 1.54) is 4.90 Å². The van der Waals surface area contributed by atoms with Crippen LogP contribution in [0.15, 0.2) is 6.07 Å². The molecule has 0 saturated carbocycles. The Kier molecular flexibility index (Phi) is 6.57. The molecule has 0 atom stereocenters. The molecule has 1 amide bonds. The summed E-state index contributed by atoms with van der Waals surface area (Å²) in [6, 6.07) is 1.72. The molecular weight excluding hydrogens is 336 g/mol. The number of phenolic OH excluding ortho intramolecular Hbond substituents is 1. The van der Waals surface area contributed by atoms with E-state index in [0.29, 0.717) is 41.9 Å². The lowest BCUT2D eigenvalue weighted by Crippen LogP contribution is -2.30. The van der Waals surface area contributed by atoms with Crippen molar-refractivity contribution in [2.24, 2.45) is 0 Å². The predicted molar refractivity (Wildman–Crippen MR) is 99.4 cm³/mol. The van der Waals surface area contributed by atoms with Crippen molar-refractivity contribution < 1.29 is 19.7 Å². The summed E-state index contributed by atoms with van der Waals surface area (Å²) in [5, 5.41) is 20.1. The van der Waals surface area contributed by atoms with Gasteiger partial charge < -0.3 is 29.3 Å². The molecule has 2 rings (SSSR count). The Morgan fingerprint density at radius 3 is 2.62 bits per heavy atom. The van der Waals surface area contributed by atoms with E-state index in [1.807, 2.05) is 30.5 Å². The fourth-order valence-electron chi connectivity index (χ4n) is 3.01. The Hall–Kier alpha value is -2.16. The highest BCUT2D eigenvalue weighted by Crippen LogP contribution is 2.34. The predicted octanol–water partition coefficient (Wildman–Crippen LogP) is 0.823. The number of ether oxygens (including phenoxy) is 1. The lowest BCUT2D eigenvalue weighted by atomic mass is 10.0. The molecule has 0 radical (unpaired) electrons. The fraction of sp³-hybridized carbons (Fsp3) is 0.556. The van der Waals surface area contributed by atoms with Crippen LogP contribution < -0.4 is 0 Å². The molecule has 0 spiro atoms. The zero-order chi connectivity index (χ0) is 19.4. The van der Waals surface area contributed by atoms with E-state index < -0.39 is 0 Å². The smallest absolute Gasteiger partial charge is 0.254 e. The number of aromatic nitrogens is 2. The maximum Gasteiger partial charge on any atom is 0.254 e. The monoisotopic (exact) mass is 364 g/mol. The maximum atomic E-state index is 12.8. The van der Waals surface area contributed by atoms with Gasteiger partial charge in [0.1, 0.15) is 17.1 Å². The molecule has 1 heterocycles. The average molecular weight is 364 g/mol. The number of hydrogen-bond acceptors (Lipinski definition) is 6. The van der Waals surface area contributed by atoms with E-state index in [-0.39, 0.29) is 24.8 Å². The SMILES string of the molecule is COCCn1c(C)nc2cc(C(=O)N(C)CCO)c(CN(C)C)c(O)c21. The molecule has 0 bridgehead atoms. The summed E-state index contributed by atoms with van der Waals surface area (Å²) in [6.07, 6.45) is 0. The molecule has 0 aliphatic carbocycles. The molecule has 144 valence electrons. The van der Waals surface area contributed by atoms with Gasteiger partial charge in [0.25, 0.3) is 5.91 Å². The fourth-order valence-corrected chi connectivity index (χ4v) is 3.01. The van der Waals surface area contributed by atoms with Gasteiger partial charge in [-0.25, -0.2) is 4.98 Å². The molecule has 0 aliphatic heterocycles. The summed E-state index contributed by atoms with van der Waals surface area (Å²) in [7, 11) is 7.01. The largest absolute Gasteiger partial charge is 0.505 e. The summed E-state index contributed by atoms with van der Waals surface area (Å²) in [6.45, 7) is 3.43. The third-order valence-electron chi connectivity index (χ3n) is 4.31. The zero-order valence-corrected chi connectivity index (χ0v) is 16.1. The van der Waals surface area contributed by atoms with Crippen molar-refractivity contribution in [2.45, 2.75) is 20.0 Å². The van der Waals surface area contributed by atoms with Crippen molar-refractivity contribution in [1.29, 1.82) is 0 Å². The van der Waals surface area contributed by atoms with E-state index in [0.717, 1.165) is 5.82 Å². The number of hydrogen-bond donors (Lipinski definition) is 2. The minimum absolute atomic E-state index is 0.0636. The molecule has 8 nitrogen and oxygen atoms in total. The van der Waals surface area contributed by atoms with Crippen LogP contribution >= 0.6 is 0 Å². The van der Waals surface area contributed by atoms with Crippen molar-refractivity contribution in [2.75, 3.05) is 48.0 Å². The Bertz CT molecular complexity index is 785. The number of aromatic hydroxyl groups is 1. The number of nitrogens with zero attached hydrogens (tertiary/aromatic N) is 4. The normalized spacial score (nSPS) is 11.5. The van der Waals surface area contributed by atoms with Gasteiger partial charge in [0.05, 0.1) is 24.3 Å². The Labute approximate surface area is 153 Å². The molecule has 1 aromatic carbocycles. The number of aliphatic hydroxyl groups is 1. The van der Waals surface area contributed by atoms with Gasteiger partial charge in [0, 0.05) is 39.4 Å². The van der Waals surface area contributed by atoms with E-state index in [9.17, 15) is 9.90 Å². The van der Waals surface area contributed by atoms with Gasteiger partial charge in [-0.2, -0.15) is 0 Å². The van der Waals surface area contributed by atoms with Crippen LogP contribution in [0.2, 0.25) is 0 Å². The van der Waals surface area contributed by atoms with E-state index in [2.05, 4.69) is 4.98 Å². The molecular formula is C18H28N4O4. The third kappa shape index (κ3) is 3.98. The van der Waals surface area contributed by atoms with Crippen LogP contribution in [-0.4, -0.2) is 83.5 Å². The minimum atomic E-state index is -0.253. The summed E-state index contributed by atoms with van der Waals surface area (Å²) in [5.41, 5.74) is 2.13.